The molecule has 1 aromatic carbocycles. The second-order valence-corrected chi connectivity index (χ2v) is 4.78. The van der Waals surface area contributed by atoms with E-state index in [9.17, 15) is 5.11 Å². The van der Waals surface area contributed by atoms with Crippen LogP contribution in [0.2, 0.25) is 0 Å². The minimum atomic E-state index is -0.0563. The van der Waals surface area contributed by atoms with E-state index in [4.69, 9.17) is 0 Å². The summed E-state index contributed by atoms with van der Waals surface area (Å²) < 4.78 is 0. The number of benzene rings is 1. The van der Waals surface area contributed by atoms with Crippen LogP contribution in [0.1, 0.15) is 36.4 Å². The fourth-order valence-corrected chi connectivity index (χ4v) is 2.74. The van der Waals surface area contributed by atoms with Crippen molar-refractivity contribution in [3.63, 3.8) is 0 Å². The van der Waals surface area contributed by atoms with Gasteiger partial charge in [0.1, 0.15) is 0 Å². The topological polar surface area (TPSA) is 32.3 Å². The van der Waals surface area contributed by atoms with Crippen LogP contribution in [-0.4, -0.2) is 17.3 Å². The number of fused-ring (bicyclic) bond motifs is 1. The first kappa shape index (κ1) is 9.37. The molecular formula is C13H17NO. The average Bonchev–Trinajstić information content (AvgIpc) is 2.60. The number of aliphatic hydroxyl groups excluding tert-OH is 1. The molecule has 0 aromatic heterocycles. The summed E-state index contributed by atoms with van der Waals surface area (Å²) in [5.41, 5.74) is 2.97. The van der Waals surface area contributed by atoms with Crippen molar-refractivity contribution >= 4 is 0 Å². The molecule has 2 N–H and O–H groups in total. The van der Waals surface area contributed by atoms with Crippen molar-refractivity contribution < 1.29 is 5.11 Å². The van der Waals surface area contributed by atoms with Crippen LogP contribution in [0, 0.1) is 0 Å². The van der Waals surface area contributed by atoms with Gasteiger partial charge in [-0.15, -0.1) is 0 Å². The van der Waals surface area contributed by atoms with E-state index in [0.717, 1.165) is 12.8 Å². The van der Waals surface area contributed by atoms with E-state index in [2.05, 4.69) is 29.6 Å². The normalized spacial score (nSPS) is 33.5. The smallest absolute Gasteiger partial charge is 0.0570 e. The Labute approximate surface area is 90.3 Å². The number of rotatable bonds is 2. The third-order valence-corrected chi connectivity index (χ3v) is 3.68. The third kappa shape index (κ3) is 1.68. The summed E-state index contributed by atoms with van der Waals surface area (Å²) in [6.45, 7) is 0. The van der Waals surface area contributed by atoms with Crippen molar-refractivity contribution in [3.05, 3.63) is 35.4 Å². The maximum atomic E-state index is 9.25. The summed E-state index contributed by atoms with van der Waals surface area (Å²) in [6.07, 6.45) is 4.21. The summed E-state index contributed by atoms with van der Waals surface area (Å²) in [5.74, 6) is 0. The standard InChI is InChI=1S/C13H17NO/c15-11-7-10(8-11)14-13-6-5-9-3-1-2-4-12(9)13/h1-4,10-11,13-15H,5-8H2. The maximum absolute atomic E-state index is 9.25. The molecule has 2 heteroatoms. The molecule has 0 bridgehead atoms. The Bertz CT molecular complexity index is 357. The van der Waals surface area contributed by atoms with Crippen molar-refractivity contribution in [2.24, 2.45) is 0 Å². The van der Waals surface area contributed by atoms with Gasteiger partial charge in [-0.05, 0) is 36.8 Å². The van der Waals surface area contributed by atoms with Crippen molar-refractivity contribution in [1.29, 1.82) is 0 Å². The van der Waals surface area contributed by atoms with Gasteiger partial charge in [-0.3, -0.25) is 0 Å². The van der Waals surface area contributed by atoms with E-state index in [0.29, 0.717) is 12.1 Å². The van der Waals surface area contributed by atoms with Gasteiger partial charge in [0.2, 0.25) is 0 Å². The van der Waals surface area contributed by atoms with E-state index >= 15 is 0 Å². The first-order valence-corrected chi connectivity index (χ1v) is 5.85. The number of hydrogen-bond acceptors (Lipinski definition) is 2. The van der Waals surface area contributed by atoms with Gasteiger partial charge in [0.25, 0.3) is 0 Å². The second-order valence-electron chi connectivity index (χ2n) is 4.78. The Balaban J connectivity index is 1.69. The van der Waals surface area contributed by atoms with Crippen LogP contribution in [0.5, 0.6) is 0 Å². The summed E-state index contributed by atoms with van der Waals surface area (Å²) in [5, 5.41) is 12.9. The maximum Gasteiger partial charge on any atom is 0.0570 e. The Morgan fingerprint density at radius 1 is 1.20 bits per heavy atom. The second kappa shape index (κ2) is 3.62. The highest BCUT2D eigenvalue weighted by molar-refractivity contribution is 5.34. The molecule has 0 radical (unpaired) electrons. The Hall–Kier alpha value is -0.860. The summed E-state index contributed by atoms with van der Waals surface area (Å²) in [7, 11) is 0. The minimum Gasteiger partial charge on any atom is -0.393 e. The SMILES string of the molecule is OC1CC(NC2CCc3ccccc32)C1. The molecule has 1 atom stereocenters. The van der Waals surface area contributed by atoms with Crippen LogP contribution < -0.4 is 5.32 Å². The number of hydrogen-bond donors (Lipinski definition) is 2. The molecule has 0 spiro atoms. The Morgan fingerprint density at radius 2 is 2.00 bits per heavy atom. The van der Waals surface area contributed by atoms with Gasteiger partial charge >= 0.3 is 0 Å². The lowest BCUT2D eigenvalue weighted by atomic mass is 9.88. The molecule has 0 heterocycles. The lowest BCUT2D eigenvalue weighted by Gasteiger charge is -2.34. The van der Waals surface area contributed by atoms with Gasteiger partial charge in [-0.1, -0.05) is 24.3 Å². The highest BCUT2D eigenvalue weighted by Gasteiger charge is 2.31. The molecule has 1 unspecified atom stereocenters. The molecule has 1 aromatic rings. The third-order valence-electron chi connectivity index (χ3n) is 3.68. The van der Waals surface area contributed by atoms with Gasteiger partial charge < -0.3 is 10.4 Å². The monoisotopic (exact) mass is 203 g/mol. The fourth-order valence-electron chi connectivity index (χ4n) is 2.74. The first-order chi connectivity index (χ1) is 7.33. The predicted molar refractivity (Wildman–Crippen MR) is 59.7 cm³/mol. The van der Waals surface area contributed by atoms with Crippen molar-refractivity contribution in [2.45, 2.75) is 43.9 Å². The first-order valence-electron chi connectivity index (χ1n) is 5.85. The molecule has 2 nitrogen and oxygen atoms in total. The van der Waals surface area contributed by atoms with Gasteiger partial charge in [0.15, 0.2) is 0 Å². The van der Waals surface area contributed by atoms with Gasteiger partial charge in [0, 0.05) is 12.1 Å². The summed E-state index contributed by atoms with van der Waals surface area (Å²) >= 11 is 0. The Kier molecular flexibility index (Phi) is 2.26. The highest BCUT2D eigenvalue weighted by atomic mass is 16.3. The quantitative estimate of drug-likeness (QED) is 0.768. The molecule has 3 rings (SSSR count). The van der Waals surface area contributed by atoms with Crippen LogP contribution >= 0.6 is 0 Å². The fraction of sp³-hybridized carbons (Fsp3) is 0.538. The average molecular weight is 203 g/mol. The van der Waals surface area contributed by atoms with Gasteiger partial charge in [-0.25, -0.2) is 0 Å². The van der Waals surface area contributed by atoms with E-state index in [-0.39, 0.29) is 6.10 Å². The molecule has 15 heavy (non-hydrogen) atoms. The van der Waals surface area contributed by atoms with Crippen LogP contribution in [0.3, 0.4) is 0 Å². The van der Waals surface area contributed by atoms with Crippen molar-refractivity contribution in [3.8, 4) is 0 Å². The lowest BCUT2D eigenvalue weighted by molar-refractivity contribution is 0.0577. The molecule has 0 amide bonds. The molecule has 1 fully saturated rings. The van der Waals surface area contributed by atoms with Crippen LogP contribution in [-0.2, 0) is 6.42 Å². The van der Waals surface area contributed by atoms with E-state index in [1.807, 2.05) is 0 Å². The largest absolute Gasteiger partial charge is 0.393 e. The van der Waals surface area contributed by atoms with E-state index in [1.165, 1.54) is 24.0 Å². The minimum absolute atomic E-state index is 0.0563. The molecular weight excluding hydrogens is 186 g/mol. The number of nitrogens with one attached hydrogen (secondary N) is 1. The molecule has 0 aliphatic heterocycles. The summed E-state index contributed by atoms with van der Waals surface area (Å²) in [6, 6.07) is 9.76. The molecule has 2 aliphatic carbocycles. The highest BCUT2D eigenvalue weighted by Crippen LogP contribution is 2.33. The molecule has 1 saturated carbocycles. The van der Waals surface area contributed by atoms with E-state index in [1.54, 1.807) is 0 Å². The van der Waals surface area contributed by atoms with E-state index < -0.39 is 0 Å². The lowest BCUT2D eigenvalue weighted by Crippen LogP contribution is -2.45. The van der Waals surface area contributed by atoms with Crippen molar-refractivity contribution in [1.82, 2.24) is 5.32 Å². The summed E-state index contributed by atoms with van der Waals surface area (Å²) in [4.78, 5) is 0. The van der Waals surface area contributed by atoms with Crippen LogP contribution in [0.15, 0.2) is 24.3 Å². The predicted octanol–water partition coefficient (Wildman–Crippen LogP) is 1.79. The van der Waals surface area contributed by atoms with Crippen LogP contribution in [0.25, 0.3) is 0 Å². The molecule has 0 saturated heterocycles. The van der Waals surface area contributed by atoms with Gasteiger partial charge in [0.05, 0.1) is 6.10 Å². The molecule has 2 aliphatic rings. The Morgan fingerprint density at radius 3 is 2.80 bits per heavy atom. The molecule has 80 valence electrons. The zero-order chi connectivity index (χ0) is 10.3. The number of aliphatic hydroxyl groups is 1. The van der Waals surface area contributed by atoms with Crippen molar-refractivity contribution in [2.75, 3.05) is 0 Å². The van der Waals surface area contributed by atoms with Gasteiger partial charge in [-0.2, -0.15) is 0 Å². The zero-order valence-corrected chi connectivity index (χ0v) is 8.82. The zero-order valence-electron chi connectivity index (χ0n) is 8.82. The van der Waals surface area contributed by atoms with Crippen LogP contribution in [0.4, 0.5) is 0 Å². The number of aryl methyl sites for hydroxylation is 1.